The number of nitrogens with zero attached hydrogens (tertiary/aromatic N) is 2. The van der Waals surface area contributed by atoms with Crippen LogP contribution in [0.5, 0.6) is 0 Å². The fourth-order valence-electron chi connectivity index (χ4n) is 2.03. The van der Waals surface area contributed by atoms with Crippen molar-refractivity contribution in [1.82, 2.24) is 15.2 Å². The number of alkyl carbamates (subject to hydrolysis) is 1. The number of carbonyl (C=O) groups excluding carboxylic acids is 2. The molecule has 0 aliphatic carbocycles. The van der Waals surface area contributed by atoms with Gasteiger partial charge in [-0.2, -0.15) is 0 Å². The molecule has 0 radical (unpaired) electrons. The number of carbonyl (C=O) groups is 2. The van der Waals surface area contributed by atoms with E-state index in [4.69, 9.17) is 5.73 Å². The predicted octanol–water partition coefficient (Wildman–Crippen LogP) is 0.234. The lowest BCUT2D eigenvalue weighted by atomic mass is 10.2. The third-order valence-corrected chi connectivity index (χ3v) is 3.02. The van der Waals surface area contributed by atoms with Crippen LogP contribution in [0.2, 0.25) is 0 Å². The van der Waals surface area contributed by atoms with Crippen LogP contribution in [0.4, 0.5) is 10.5 Å². The second-order valence-electron chi connectivity index (χ2n) is 4.31. The minimum absolute atomic E-state index is 0.0960. The lowest BCUT2D eigenvalue weighted by Gasteiger charge is -2.17. The highest BCUT2D eigenvalue weighted by atomic mass is 16.5. The number of nitrogens with two attached hydrogens (primary N) is 1. The molecule has 102 valence electrons. The van der Waals surface area contributed by atoms with Gasteiger partial charge in [0.15, 0.2) is 5.69 Å². The number of likely N-dealkylation sites (tertiary alicyclic amines) is 1. The number of amides is 2. The van der Waals surface area contributed by atoms with E-state index in [0.29, 0.717) is 25.2 Å². The average molecular weight is 264 g/mol. The van der Waals surface area contributed by atoms with Gasteiger partial charge in [-0.25, -0.2) is 9.78 Å². The number of rotatable bonds is 2. The summed E-state index contributed by atoms with van der Waals surface area (Å²) in [5.41, 5.74) is 6.34. The molecule has 2 heterocycles. The Labute approximate surface area is 110 Å². The molecule has 1 fully saturated rings. The minimum atomic E-state index is -0.489. The minimum Gasteiger partial charge on any atom is -0.453 e. The summed E-state index contributed by atoms with van der Waals surface area (Å²) in [5, 5.41) is 2.67. The third-order valence-electron chi connectivity index (χ3n) is 3.02. The van der Waals surface area contributed by atoms with Crippen molar-refractivity contribution in [2.45, 2.75) is 12.5 Å². The van der Waals surface area contributed by atoms with Gasteiger partial charge in [0.05, 0.1) is 18.8 Å². The molecule has 0 bridgehead atoms. The van der Waals surface area contributed by atoms with Crippen LogP contribution in [-0.4, -0.2) is 48.1 Å². The van der Waals surface area contributed by atoms with Crippen molar-refractivity contribution in [3.63, 3.8) is 0 Å². The van der Waals surface area contributed by atoms with E-state index < -0.39 is 6.09 Å². The van der Waals surface area contributed by atoms with Crippen LogP contribution in [0.15, 0.2) is 18.3 Å². The van der Waals surface area contributed by atoms with E-state index in [9.17, 15) is 9.59 Å². The first-order valence-electron chi connectivity index (χ1n) is 5.96. The maximum atomic E-state index is 12.2. The molecule has 0 aromatic carbocycles. The number of ether oxygens (including phenoxy) is 1. The van der Waals surface area contributed by atoms with Gasteiger partial charge < -0.3 is 20.7 Å². The maximum absolute atomic E-state index is 12.2. The van der Waals surface area contributed by atoms with Crippen molar-refractivity contribution >= 4 is 17.7 Å². The zero-order valence-corrected chi connectivity index (χ0v) is 10.6. The van der Waals surface area contributed by atoms with E-state index >= 15 is 0 Å². The van der Waals surface area contributed by atoms with Gasteiger partial charge in [0, 0.05) is 19.3 Å². The molecule has 0 spiro atoms. The van der Waals surface area contributed by atoms with Crippen molar-refractivity contribution in [2.24, 2.45) is 0 Å². The molecule has 1 atom stereocenters. The molecule has 2 rings (SSSR count). The van der Waals surface area contributed by atoms with E-state index in [1.165, 1.54) is 13.3 Å². The third kappa shape index (κ3) is 2.93. The first-order chi connectivity index (χ1) is 9.11. The van der Waals surface area contributed by atoms with Crippen LogP contribution < -0.4 is 11.1 Å². The Kier molecular flexibility index (Phi) is 3.84. The maximum Gasteiger partial charge on any atom is 0.407 e. The summed E-state index contributed by atoms with van der Waals surface area (Å²) in [4.78, 5) is 28.9. The van der Waals surface area contributed by atoms with Gasteiger partial charge in [-0.1, -0.05) is 0 Å². The number of methoxy groups -OCH3 is 1. The molecule has 1 aliphatic heterocycles. The molecular formula is C12H16N4O3. The topological polar surface area (TPSA) is 97.5 Å². The van der Waals surface area contributed by atoms with E-state index in [1.54, 1.807) is 17.0 Å². The molecule has 7 nitrogen and oxygen atoms in total. The average Bonchev–Trinajstić information content (AvgIpc) is 2.87. The second-order valence-corrected chi connectivity index (χ2v) is 4.31. The van der Waals surface area contributed by atoms with Crippen LogP contribution in [0.3, 0.4) is 0 Å². The number of nitrogens with one attached hydrogen (secondary N) is 1. The molecular weight excluding hydrogens is 248 g/mol. The van der Waals surface area contributed by atoms with Gasteiger partial charge in [0.2, 0.25) is 0 Å². The van der Waals surface area contributed by atoms with Gasteiger partial charge in [-0.3, -0.25) is 4.79 Å². The summed E-state index contributed by atoms with van der Waals surface area (Å²) in [6.07, 6.45) is 1.73. The molecule has 1 saturated heterocycles. The first kappa shape index (κ1) is 13.1. The van der Waals surface area contributed by atoms with Crippen LogP contribution in [0.25, 0.3) is 0 Å². The quantitative estimate of drug-likeness (QED) is 0.797. The standard InChI is InChI=1S/C12H16N4O3/c1-19-12(18)15-8-4-6-16(7-8)11(17)10-9(13)3-2-5-14-10/h2-3,5,8H,4,6-7,13H2,1H3,(H,15,18). The highest BCUT2D eigenvalue weighted by Crippen LogP contribution is 2.16. The molecule has 2 amide bonds. The van der Waals surface area contributed by atoms with Crippen LogP contribution in [-0.2, 0) is 4.74 Å². The van der Waals surface area contributed by atoms with Gasteiger partial charge in [-0.05, 0) is 18.6 Å². The van der Waals surface area contributed by atoms with Crippen molar-refractivity contribution in [3.05, 3.63) is 24.0 Å². The smallest absolute Gasteiger partial charge is 0.407 e. The number of anilines is 1. The van der Waals surface area contributed by atoms with E-state index in [1.807, 2.05) is 0 Å². The highest BCUT2D eigenvalue weighted by molar-refractivity contribution is 5.97. The summed E-state index contributed by atoms with van der Waals surface area (Å²) >= 11 is 0. The van der Waals surface area contributed by atoms with Gasteiger partial charge >= 0.3 is 6.09 Å². The lowest BCUT2D eigenvalue weighted by Crippen LogP contribution is -2.38. The Hall–Kier alpha value is -2.31. The molecule has 1 aromatic heterocycles. The van der Waals surface area contributed by atoms with Gasteiger partial charge in [-0.15, -0.1) is 0 Å². The van der Waals surface area contributed by atoms with Crippen molar-refractivity contribution < 1.29 is 14.3 Å². The fraction of sp³-hybridized carbons (Fsp3) is 0.417. The Bertz CT molecular complexity index is 492. The number of hydrogen-bond acceptors (Lipinski definition) is 5. The molecule has 1 aromatic rings. The summed E-state index contributed by atoms with van der Waals surface area (Å²) in [6, 6.07) is 3.22. The highest BCUT2D eigenvalue weighted by Gasteiger charge is 2.29. The van der Waals surface area contributed by atoms with Gasteiger partial charge in [0.1, 0.15) is 0 Å². The van der Waals surface area contributed by atoms with Crippen LogP contribution >= 0.6 is 0 Å². The van der Waals surface area contributed by atoms with Crippen molar-refractivity contribution in [3.8, 4) is 0 Å². The number of nitrogen functional groups attached to an aromatic ring is 1. The van der Waals surface area contributed by atoms with Crippen LogP contribution in [0, 0.1) is 0 Å². The summed E-state index contributed by atoms with van der Waals surface area (Å²) in [5.74, 6) is -0.215. The van der Waals surface area contributed by atoms with Crippen LogP contribution in [0.1, 0.15) is 16.9 Å². The number of hydrogen-bond donors (Lipinski definition) is 2. The zero-order valence-electron chi connectivity index (χ0n) is 10.6. The summed E-state index contributed by atoms with van der Waals surface area (Å²) in [6.45, 7) is 0.994. The molecule has 1 aliphatic rings. The zero-order chi connectivity index (χ0) is 13.8. The Balaban J connectivity index is 1.99. The summed E-state index contributed by atoms with van der Waals surface area (Å²) < 4.78 is 4.53. The van der Waals surface area contributed by atoms with E-state index in [-0.39, 0.29) is 17.6 Å². The molecule has 19 heavy (non-hydrogen) atoms. The normalized spacial score (nSPS) is 18.2. The monoisotopic (exact) mass is 264 g/mol. The molecule has 3 N–H and O–H groups in total. The van der Waals surface area contributed by atoms with Crippen molar-refractivity contribution in [2.75, 3.05) is 25.9 Å². The first-order valence-corrected chi connectivity index (χ1v) is 5.96. The number of aromatic nitrogens is 1. The predicted molar refractivity (Wildman–Crippen MR) is 68.5 cm³/mol. The van der Waals surface area contributed by atoms with Gasteiger partial charge in [0.25, 0.3) is 5.91 Å². The Morgan fingerprint density at radius 1 is 1.58 bits per heavy atom. The molecule has 7 heteroatoms. The SMILES string of the molecule is COC(=O)NC1CCN(C(=O)c2ncccc2N)C1. The van der Waals surface area contributed by atoms with E-state index in [2.05, 4.69) is 15.0 Å². The molecule has 0 saturated carbocycles. The lowest BCUT2D eigenvalue weighted by molar-refractivity contribution is 0.0783. The van der Waals surface area contributed by atoms with Crippen molar-refractivity contribution in [1.29, 1.82) is 0 Å². The number of pyridine rings is 1. The largest absolute Gasteiger partial charge is 0.453 e. The summed E-state index contributed by atoms with van der Waals surface area (Å²) in [7, 11) is 1.31. The van der Waals surface area contributed by atoms with E-state index in [0.717, 1.165) is 0 Å². The second kappa shape index (κ2) is 5.55. The Morgan fingerprint density at radius 2 is 2.37 bits per heavy atom. The Morgan fingerprint density at radius 3 is 3.05 bits per heavy atom. The molecule has 1 unspecified atom stereocenters. The fourth-order valence-corrected chi connectivity index (χ4v) is 2.03.